The van der Waals surface area contributed by atoms with Crippen molar-refractivity contribution in [1.82, 2.24) is 0 Å². The fourth-order valence-electron chi connectivity index (χ4n) is 5.04. The summed E-state index contributed by atoms with van der Waals surface area (Å²) >= 11 is 0. The third-order valence-corrected chi connectivity index (χ3v) is 8.03. The largest absolute Gasteiger partial charge is 0.351 e. The van der Waals surface area contributed by atoms with Crippen molar-refractivity contribution >= 4 is 27.4 Å². The molecular weight excluding hydrogens is 350 g/mol. The van der Waals surface area contributed by atoms with Crippen LogP contribution in [0.15, 0.2) is 18.2 Å². The van der Waals surface area contributed by atoms with Crippen molar-refractivity contribution in [3.63, 3.8) is 0 Å². The smallest absolute Gasteiger partial charge is 0.319 e. The number of nitrogens with two attached hydrogens (primary N) is 1. The molecule has 2 amide bonds. The predicted molar refractivity (Wildman–Crippen MR) is 103 cm³/mol. The van der Waals surface area contributed by atoms with Crippen LogP contribution in [0.2, 0.25) is 0 Å². The first-order valence-corrected chi connectivity index (χ1v) is 11.2. The highest BCUT2D eigenvalue weighted by Crippen LogP contribution is 2.50. The molecule has 4 aliphatic rings. The summed E-state index contributed by atoms with van der Waals surface area (Å²) in [7, 11) is -3.43. The molecule has 3 aliphatic carbocycles. The molecule has 0 aromatic heterocycles. The molecule has 6 nitrogen and oxygen atoms in total. The zero-order valence-corrected chi connectivity index (χ0v) is 15.9. The Labute approximate surface area is 155 Å². The van der Waals surface area contributed by atoms with E-state index in [1.807, 2.05) is 6.07 Å². The number of nitrogens with one attached hydrogen (secondary N) is 1. The molecule has 0 radical (unpaired) electrons. The maximum Gasteiger partial charge on any atom is 0.319 e. The summed E-state index contributed by atoms with van der Waals surface area (Å²) in [5, 5.41) is 0. The van der Waals surface area contributed by atoms with Gasteiger partial charge in [-0.05, 0) is 80.4 Å². The van der Waals surface area contributed by atoms with Crippen LogP contribution >= 0.6 is 0 Å². The van der Waals surface area contributed by atoms with Crippen LogP contribution in [0.4, 0.5) is 16.2 Å². The molecule has 0 unspecified atom stereocenters. The van der Waals surface area contributed by atoms with E-state index in [1.165, 1.54) is 24.2 Å². The Morgan fingerprint density at radius 3 is 2.58 bits per heavy atom. The number of hydrogen-bond donors (Lipinski definition) is 2. The molecule has 3 fully saturated rings. The van der Waals surface area contributed by atoms with Crippen LogP contribution in [-0.2, 0) is 16.4 Å². The zero-order chi connectivity index (χ0) is 18.4. The second-order valence-corrected chi connectivity index (χ2v) is 10.0. The summed E-state index contributed by atoms with van der Waals surface area (Å²) in [6.45, 7) is 0.572. The van der Waals surface area contributed by atoms with Gasteiger partial charge in [-0.2, -0.15) is 0 Å². The monoisotopic (exact) mass is 377 g/mol. The number of benzene rings is 1. The standard InChI is InChI=1S/C19H27N3O3S/c20-18(23)22-11-1-2-15-3-4-16(12-17(15)22)21-26(24,25)13-19-8-5-14(6-9-19)7-10-19/h3-4,12,14,21H,1-2,5-11,13H2,(H2,20,23). The maximum atomic E-state index is 12.8. The number of anilines is 2. The molecule has 26 heavy (non-hydrogen) atoms. The van der Waals surface area contributed by atoms with Crippen LogP contribution in [0.1, 0.15) is 50.5 Å². The molecule has 142 valence electrons. The average molecular weight is 378 g/mol. The number of hydrogen-bond acceptors (Lipinski definition) is 3. The third kappa shape index (κ3) is 3.41. The summed E-state index contributed by atoms with van der Waals surface area (Å²) in [4.78, 5) is 13.2. The Kier molecular flexibility index (Phi) is 4.37. The highest BCUT2D eigenvalue weighted by molar-refractivity contribution is 7.92. The maximum absolute atomic E-state index is 12.8. The molecule has 0 spiro atoms. The van der Waals surface area contributed by atoms with Crippen LogP contribution in [0.5, 0.6) is 0 Å². The van der Waals surface area contributed by atoms with Crippen molar-refractivity contribution in [3.8, 4) is 0 Å². The van der Waals surface area contributed by atoms with Crippen LogP contribution in [0.3, 0.4) is 0 Å². The predicted octanol–water partition coefficient (Wildman–Crippen LogP) is 3.23. The zero-order valence-electron chi connectivity index (χ0n) is 15.0. The molecule has 1 aliphatic heterocycles. The van der Waals surface area contributed by atoms with Crippen LogP contribution in [0, 0.1) is 11.3 Å². The quantitative estimate of drug-likeness (QED) is 0.844. The number of nitrogens with zero attached hydrogens (tertiary/aromatic N) is 1. The summed E-state index contributed by atoms with van der Waals surface area (Å²) in [5.41, 5.74) is 7.69. The second kappa shape index (κ2) is 6.44. The van der Waals surface area contributed by atoms with Crippen molar-refractivity contribution in [2.45, 2.75) is 51.4 Å². The molecule has 7 heteroatoms. The molecule has 1 heterocycles. The fraction of sp³-hybridized carbons (Fsp3) is 0.632. The van der Waals surface area contributed by atoms with E-state index < -0.39 is 16.1 Å². The van der Waals surface area contributed by atoms with E-state index in [-0.39, 0.29) is 11.2 Å². The van der Waals surface area contributed by atoms with Gasteiger partial charge in [0.15, 0.2) is 0 Å². The second-order valence-electron chi connectivity index (χ2n) is 8.28. The van der Waals surface area contributed by atoms with E-state index in [0.29, 0.717) is 12.2 Å². The van der Waals surface area contributed by atoms with E-state index in [2.05, 4.69) is 4.72 Å². The molecule has 1 aromatic carbocycles. The molecule has 1 aromatic rings. The van der Waals surface area contributed by atoms with Crippen molar-refractivity contribution in [3.05, 3.63) is 23.8 Å². The minimum absolute atomic E-state index is 0.0476. The van der Waals surface area contributed by atoms with Gasteiger partial charge in [0.1, 0.15) is 0 Å². The lowest BCUT2D eigenvalue weighted by Crippen LogP contribution is -2.41. The number of carbonyl (C=O) groups is 1. The number of sulfonamides is 1. The van der Waals surface area contributed by atoms with Gasteiger partial charge in [0.05, 0.1) is 17.1 Å². The highest BCUT2D eigenvalue weighted by Gasteiger charge is 2.43. The fourth-order valence-corrected chi connectivity index (χ4v) is 6.84. The van der Waals surface area contributed by atoms with Gasteiger partial charge in [0.25, 0.3) is 0 Å². The lowest BCUT2D eigenvalue weighted by molar-refractivity contribution is 0.0862. The SMILES string of the molecule is NC(=O)N1CCCc2ccc(NS(=O)(=O)CC34CCC(CC3)CC4)cc21. The van der Waals surface area contributed by atoms with E-state index in [1.54, 1.807) is 12.1 Å². The number of amides is 2. The first-order valence-electron chi connectivity index (χ1n) is 9.56. The topological polar surface area (TPSA) is 92.5 Å². The number of urea groups is 1. The minimum atomic E-state index is -3.43. The Bertz CT molecular complexity index is 800. The van der Waals surface area contributed by atoms with E-state index in [0.717, 1.165) is 49.3 Å². The summed E-state index contributed by atoms with van der Waals surface area (Å²) in [6.07, 6.45) is 8.32. The number of rotatable bonds is 4. The number of primary amides is 1. The summed E-state index contributed by atoms with van der Waals surface area (Å²) in [6, 6.07) is 4.93. The number of carbonyl (C=O) groups excluding carboxylic acids is 1. The third-order valence-electron chi connectivity index (χ3n) is 6.49. The molecule has 5 rings (SSSR count). The number of fused-ring (bicyclic) bond motifs is 4. The Hall–Kier alpha value is -1.76. The van der Waals surface area contributed by atoms with E-state index in [4.69, 9.17) is 5.73 Å². The van der Waals surface area contributed by atoms with Crippen molar-refractivity contribution < 1.29 is 13.2 Å². The average Bonchev–Trinajstić information content (AvgIpc) is 2.61. The van der Waals surface area contributed by atoms with Crippen molar-refractivity contribution in [2.75, 3.05) is 21.9 Å². The lowest BCUT2D eigenvalue weighted by Gasteiger charge is -2.46. The van der Waals surface area contributed by atoms with Crippen LogP contribution in [-0.4, -0.2) is 26.7 Å². The van der Waals surface area contributed by atoms with Gasteiger partial charge in [-0.1, -0.05) is 6.07 Å². The molecule has 3 N–H and O–H groups in total. The van der Waals surface area contributed by atoms with Gasteiger partial charge in [-0.3, -0.25) is 9.62 Å². The van der Waals surface area contributed by atoms with Crippen molar-refractivity contribution in [1.29, 1.82) is 0 Å². The first kappa shape index (κ1) is 17.6. The van der Waals surface area contributed by atoms with Crippen LogP contribution < -0.4 is 15.4 Å². The number of aryl methyl sites for hydroxylation is 1. The van der Waals surface area contributed by atoms with E-state index in [9.17, 15) is 13.2 Å². The van der Waals surface area contributed by atoms with Crippen molar-refractivity contribution in [2.24, 2.45) is 17.1 Å². The molecule has 0 saturated heterocycles. The Balaban J connectivity index is 1.53. The molecule has 3 saturated carbocycles. The summed E-state index contributed by atoms with van der Waals surface area (Å²) in [5.74, 6) is 1.01. The first-order chi connectivity index (χ1) is 12.4. The summed E-state index contributed by atoms with van der Waals surface area (Å²) < 4.78 is 28.4. The Morgan fingerprint density at radius 1 is 1.23 bits per heavy atom. The molecular formula is C19H27N3O3S. The normalized spacial score (nSPS) is 27.8. The van der Waals surface area contributed by atoms with Gasteiger partial charge in [-0.15, -0.1) is 0 Å². The lowest BCUT2D eigenvalue weighted by atomic mass is 9.62. The van der Waals surface area contributed by atoms with E-state index >= 15 is 0 Å². The van der Waals surface area contributed by atoms with Gasteiger partial charge < -0.3 is 5.73 Å². The molecule has 2 bridgehead atoms. The molecule has 0 atom stereocenters. The van der Waals surface area contributed by atoms with Gasteiger partial charge in [0.2, 0.25) is 10.0 Å². The minimum Gasteiger partial charge on any atom is -0.351 e. The van der Waals surface area contributed by atoms with Gasteiger partial charge in [0, 0.05) is 6.54 Å². The van der Waals surface area contributed by atoms with Crippen LogP contribution in [0.25, 0.3) is 0 Å². The Morgan fingerprint density at radius 2 is 1.92 bits per heavy atom. The van der Waals surface area contributed by atoms with Gasteiger partial charge in [-0.25, -0.2) is 13.2 Å². The van der Waals surface area contributed by atoms with Gasteiger partial charge >= 0.3 is 6.03 Å². The highest BCUT2D eigenvalue weighted by atomic mass is 32.2.